The van der Waals surface area contributed by atoms with E-state index in [0.717, 1.165) is 18.4 Å². The molecule has 1 aromatic rings. The molecule has 2 N–H and O–H groups in total. The second-order valence-corrected chi connectivity index (χ2v) is 3.64. The molecule has 0 radical (unpaired) electrons. The topological polar surface area (TPSA) is 32.3 Å². The summed E-state index contributed by atoms with van der Waals surface area (Å²) in [5.74, 6) is 0.456. The summed E-state index contributed by atoms with van der Waals surface area (Å²) in [5, 5.41) is 12.9. The van der Waals surface area contributed by atoms with Gasteiger partial charge in [-0.3, -0.25) is 0 Å². The highest BCUT2D eigenvalue weighted by atomic mass is 79.9. The number of rotatable bonds is 1. The highest BCUT2D eigenvalue weighted by Crippen LogP contribution is 2.28. The number of hydrogen-bond acceptors (Lipinski definition) is 2. The molecule has 0 aromatic heterocycles. The number of phenols is 1. The van der Waals surface area contributed by atoms with E-state index in [-0.39, 0.29) is 17.0 Å². The zero-order valence-corrected chi connectivity index (χ0v) is 10.00. The highest BCUT2D eigenvalue weighted by Gasteiger charge is 2.18. The molecule has 0 heterocycles. The number of aromatic hydroxyl groups is 1. The predicted octanol–water partition coefficient (Wildman–Crippen LogP) is 2.05. The number of likely N-dealkylation sites (N-methyl/N-ethyl adjacent to an activating group) is 1. The number of benzene rings is 1. The quantitative estimate of drug-likeness (QED) is 0.808. The molecule has 14 heavy (non-hydrogen) atoms. The molecule has 1 unspecified atom stereocenters. The largest absolute Gasteiger partial charge is 0.508 e. The molecule has 1 aliphatic rings. The Kier molecular flexibility index (Phi) is 3.96. The maximum atomic E-state index is 9.64. The van der Waals surface area contributed by atoms with Gasteiger partial charge in [0.25, 0.3) is 0 Å². The Hall–Kier alpha value is -0.540. The molecule has 0 saturated carbocycles. The van der Waals surface area contributed by atoms with Crippen LogP contribution in [-0.2, 0) is 12.8 Å². The number of hydrogen-bond donors (Lipinski definition) is 2. The lowest BCUT2D eigenvalue weighted by molar-refractivity contribution is 0.441. The van der Waals surface area contributed by atoms with E-state index in [4.69, 9.17) is 0 Å². The van der Waals surface area contributed by atoms with Crippen molar-refractivity contribution >= 4 is 17.0 Å². The van der Waals surface area contributed by atoms with E-state index in [0.29, 0.717) is 11.8 Å². The number of halogens is 1. The third-order valence-electron chi connectivity index (χ3n) is 2.87. The standard InChI is InChI=1S/C11H15NO.BrH/c1-12-9-6-5-8-3-2-4-11(13)10(8)7-9;/h2-4,9,12-13H,5-7H2,1H3;1H. The van der Waals surface area contributed by atoms with Crippen molar-refractivity contribution in [3.05, 3.63) is 29.3 Å². The van der Waals surface area contributed by atoms with E-state index < -0.39 is 0 Å². The lowest BCUT2D eigenvalue weighted by Gasteiger charge is -2.24. The molecule has 0 fully saturated rings. The summed E-state index contributed by atoms with van der Waals surface area (Å²) in [7, 11) is 1.98. The van der Waals surface area contributed by atoms with Crippen LogP contribution in [0.1, 0.15) is 17.5 Å². The molecule has 78 valence electrons. The summed E-state index contributed by atoms with van der Waals surface area (Å²) < 4.78 is 0. The Morgan fingerprint density at radius 3 is 2.93 bits per heavy atom. The Balaban J connectivity index is 0.000000980. The van der Waals surface area contributed by atoms with Gasteiger partial charge in [-0.25, -0.2) is 0 Å². The molecular formula is C11H16BrNO. The first kappa shape index (κ1) is 11.5. The second-order valence-electron chi connectivity index (χ2n) is 3.64. The average molecular weight is 258 g/mol. The minimum atomic E-state index is 0. The van der Waals surface area contributed by atoms with Gasteiger partial charge in [-0.1, -0.05) is 12.1 Å². The van der Waals surface area contributed by atoms with Crippen LogP contribution in [0, 0.1) is 0 Å². The number of phenolic OH excluding ortho intramolecular Hbond substituents is 1. The van der Waals surface area contributed by atoms with Crippen molar-refractivity contribution in [3.8, 4) is 5.75 Å². The minimum Gasteiger partial charge on any atom is -0.508 e. The molecule has 1 aromatic carbocycles. The number of nitrogens with one attached hydrogen (secondary N) is 1. The lowest BCUT2D eigenvalue weighted by Crippen LogP contribution is -2.31. The average Bonchev–Trinajstić information content (AvgIpc) is 2.18. The zero-order chi connectivity index (χ0) is 9.26. The predicted molar refractivity (Wildman–Crippen MR) is 63.3 cm³/mol. The Labute approximate surface area is 95.1 Å². The SMILES string of the molecule is Br.CNC1CCc2cccc(O)c2C1. The van der Waals surface area contributed by atoms with Gasteiger partial charge in [0.05, 0.1) is 0 Å². The Morgan fingerprint density at radius 1 is 1.43 bits per heavy atom. The fraction of sp³-hybridized carbons (Fsp3) is 0.455. The van der Waals surface area contributed by atoms with Gasteiger partial charge in [0.15, 0.2) is 0 Å². The smallest absolute Gasteiger partial charge is 0.119 e. The normalized spacial score (nSPS) is 19.6. The van der Waals surface area contributed by atoms with Gasteiger partial charge in [-0.05, 0) is 43.5 Å². The van der Waals surface area contributed by atoms with E-state index in [2.05, 4.69) is 11.4 Å². The van der Waals surface area contributed by atoms with Gasteiger partial charge in [-0.2, -0.15) is 0 Å². The van der Waals surface area contributed by atoms with Crippen molar-refractivity contribution in [2.45, 2.75) is 25.3 Å². The van der Waals surface area contributed by atoms with Crippen LogP contribution in [0.3, 0.4) is 0 Å². The lowest BCUT2D eigenvalue weighted by atomic mass is 9.88. The van der Waals surface area contributed by atoms with E-state index in [1.165, 1.54) is 12.0 Å². The summed E-state index contributed by atoms with van der Waals surface area (Å²) in [6.45, 7) is 0. The number of fused-ring (bicyclic) bond motifs is 1. The van der Waals surface area contributed by atoms with Gasteiger partial charge < -0.3 is 10.4 Å². The molecule has 2 nitrogen and oxygen atoms in total. The van der Waals surface area contributed by atoms with Crippen LogP contribution in [0.4, 0.5) is 0 Å². The summed E-state index contributed by atoms with van der Waals surface area (Å²) in [6.07, 6.45) is 3.21. The van der Waals surface area contributed by atoms with E-state index in [1.807, 2.05) is 13.1 Å². The molecule has 1 atom stereocenters. The molecule has 0 bridgehead atoms. The molecule has 2 rings (SSSR count). The van der Waals surface area contributed by atoms with Crippen molar-refractivity contribution in [1.82, 2.24) is 5.32 Å². The van der Waals surface area contributed by atoms with Crippen LogP contribution >= 0.6 is 17.0 Å². The van der Waals surface area contributed by atoms with Crippen LogP contribution in [-0.4, -0.2) is 18.2 Å². The Bertz CT molecular complexity index is 314. The first-order valence-electron chi connectivity index (χ1n) is 4.78. The van der Waals surface area contributed by atoms with E-state index in [1.54, 1.807) is 6.07 Å². The van der Waals surface area contributed by atoms with Crippen LogP contribution in [0.25, 0.3) is 0 Å². The molecule has 0 amide bonds. The van der Waals surface area contributed by atoms with Gasteiger partial charge in [0.1, 0.15) is 5.75 Å². The van der Waals surface area contributed by atoms with Crippen LogP contribution in [0.5, 0.6) is 5.75 Å². The van der Waals surface area contributed by atoms with Crippen LogP contribution in [0.15, 0.2) is 18.2 Å². The van der Waals surface area contributed by atoms with Gasteiger partial charge in [-0.15, -0.1) is 17.0 Å². The molecule has 0 aliphatic heterocycles. The summed E-state index contributed by atoms with van der Waals surface area (Å²) in [5.41, 5.74) is 2.44. The third-order valence-corrected chi connectivity index (χ3v) is 2.87. The number of aryl methyl sites for hydroxylation is 1. The summed E-state index contributed by atoms with van der Waals surface area (Å²) in [4.78, 5) is 0. The third kappa shape index (κ3) is 2.10. The fourth-order valence-electron chi connectivity index (χ4n) is 2.02. The molecule has 0 saturated heterocycles. The first-order valence-corrected chi connectivity index (χ1v) is 4.78. The van der Waals surface area contributed by atoms with Crippen molar-refractivity contribution in [3.63, 3.8) is 0 Å². The van der Waals surface area contributed by atoms with Crippen molar-refractivity contribution < 1.29 is 5.11 Å². The minimum absolute atomic E-state index is 0. The maximum Gasteiger partial charge on any atom is 0.119 e. The Morgan fingerprint density at radius 2 is 2.21 bits per heavy atom. The van der Waals surface area contributed by atoms with Crippen molar-refractivity contribution in [1.29, 1.82) is 0 Å². The molecule has 3 heteroatoms. The zero-order valence-electron chi connectivity index (χ0n) is 8.29. The van der Waals surface area contributed by atoms with Crippen molar-refractivity contribution in [2.24, 2.45) is 0 Å². The van der Waals surface area contributed by atoms with Gasteiger partial charge in [0, 0.05) is 6.04 Å². The molecule has 0 spiro atoms. The van der Waals surface area contributed by atoms with E-state index in [9.17, 15) is 5.11 Å². The second kappa shape index (κ2) is 4.80. The molecule has 1 aliphatic carbocycles. The highest BCUT2D eigenvalue weighted by molar-refractivity contribution is 8.93. The summed E-state index contributed by atoms with van der Waals surface area (Å²) >= 11 is 0. The van der Waals surface area contributed by atoms with Gasteiger partial charge >= 0.3 is 0 Å². The van der Waals surface area contributed by atoms with Crippen LogP contribution in [0.2, 0.25) is 0 Å². The molecular weight excluding hydrogens is 242 g/mol. The van der Waals surface area contributed by atoms with Crippen LogP contribution < -0.4 is 5.32 Å². The first-order chi connectivity index (χ1) is 6.31. The monoisotopic (exact) mass is 257 g/mol. The van der Waals surface area contributed by atoms with E-state index >= 15 is 0 Å². The maximum absolute atomic E-state index is 9.64. The van der Waals surface area contributed by atoms with Crippen molar-refractivity contribution in [2.75, 3.05) is 7.05 Å². The summed E-state index contributed by atoms with van der Waals surface area (Å²) in [6, 6.07) is 6.34. The van der Waals surface area contributed by atoms with Gasteiger partial charge in [0.2, 0.25) is 0 Å². The fourth-order valence-corrected chi connectivity index (χ4v) is 2.02.